The number of hydrogen-bond acceptors (Lipinski definition) is 2. The van der Waals surface area contributed by atoms with Gasteiger partial charge in [-0.15, -0.1) is 0 Å². The smallest absolute Gasteiger partial charge is 0.139 e. The van der Waals surface area contributed by atoms with Gasteiger partial charge in [-0.3, -0.25) is 0 Å². The third-order valence-corrected chi connectivity index (χ3v) is 2.19. The van der Waals surface area contributed by atoms with Crippen LogP contribution in [-0.4, -0.2) is 6.61 Å². The molecule has 60 valence electrons. The highest BCUT2D eigenvalue weighted by atomic mass is 16.6. The molecule has 1 fully saturated rings. The van der Waals surface area contributed by atoms with Crippen LogP contribution in [0.2, 0.25) is 0 Å². The largest absolute Gasteiger partial charge is 0.464 e. The second-order valence-corrected chi connectivity index (χ2v) is 3.01. The molecule has 0 N–H and O–H groups in total. The summed E-state index contributed by atoms with van der Waals surface area (Å²) in [4.78, 5) is 0. The number of fused-ring (bicyclic) bond motifs is 1. The third kappa shape index (κ3) is 0.786. The molecular weight excluding hydrogens is 152 g/mol. The van der Waals surface area contributed by atoms with Crippen molar-refractivity contribution in [2.75, 3.05) is 6.61 Å². The fourth-order valence-corrected chi connectivity index (χ4v) is 1.50. The molecule has 1 unspecified atom stereocenters. The van der Waals surface area contributed by atoms with Gasteiger partial charge in [0.1, 0.15) is 11.9 Å². The Morgan fingerprint density at radius 1 is 1.25 bits per heavy atom. The molecule has 3 aliphatic rings. The molecule has 2 aliphatic heterocycles. The first-order valence-corrected chi connectivity index (χ1v) is 4.03. The molecule has 2 heteroatoms. The van der Waals surface area contributed by atoms with E-state index in [1.807, 2.05) is 12.1 Å². The van der Waals surface area contributed by atoms with E-state index in [4.69, 9.17) is 9.15 Å². The van der Waals surface area contributed by atoms with Crippen LogP contribution < -0.4 is 0 Å². The highest BCUT2D eigenvalue weighted by Gasteiger charge is 2.30. The minimum absolute atomic E-state index is 0.286. The van der Waals surface area contributed by atoms with Crippen LogP contribution in [0.3, 0.4) is 0 Å². The van der Waals surface area contributed by atoms with E-state index in [0.717, 1.165) is 17.9 Å². The normalized spacial score (nSPS) is 21.5. The van der Waals surface area contributed by atoms with Crippen molar-refractivity contribution in [1.29, 1.82) is 0 Å². The number of ether oxygens (including phenoxy) is 1. The van der Waals surface area contributed by atoms with Crippen molar-refractivity contribution in [3.05, 3.63) is 36.1 Å². The Morgan fingerprint density at radius 3 is 3.00 bits per heavy atom. The number of rotatable bonds is 1. The molecule has 0 bridgehead atoms. The van der Waals surface area contributed by atoms with Gasteiger partial charge in [-0.2, -0.15) is 0 Å². The molecule has 0 aromatic carbocycles. The van der Waals surface area contributed by atoms with Gasteiger partial charge in [0.15, 0.2) is 0 Å². The van der Waals surface area contributed by atoms with E-state index in [2.05, 4.69) is 12.1 Å². The minimum atomic E-state index is 0.286. The lowest BCUT2D eigenvalue weighted by molar-refractivity contribution is 0.412. The van der Waals surface area contributed by atoms with Gasteiger partial charge in [-0.25, -0.2) is 0 Å². The molecule has 3 rings (SSSR count). The van der Waals surface area contributed by atoms with E-state index in [9.17, 15) is 0 Å². The van der Waals surface area contributed by atoms with E-state index >= 15 is 0 Å². The van der Waals surface area contributed by atoms with Crippen molar-refractivity contribution in [2.24, 2.45) is 0 Å². The van der Waals surface area contributed by atoms with Gasteiger partial charge < -0.3 is 9.15 Å². The van der Waals surface area contributed by atoms with Gasteiger partial charge in [0.05, 0.1) is 12.9 Å². The van der Waals surface area contributed by atoms with Crippen LogP contribution in [-0.2, 0) is 4.74 Å². The molecule has 0 radical (unpaired) electrons. The monoisotopic (exact) mass is 160 g/mol. The maximum atomic E-state index is 5.40. The minimum Gasteiger partial charge on any atom is -0.464 e. The van der Waals surface area contributed by atoms with Crippen molar-refractivity contribution in [1.82, 2.24) is 0 Å². The van der Waals surface area contributed by atoms with Gasteiger partial charge in [0.2, 0.25) is 0 Å². The predicted molar refractivity (Wildman–Crippen MR) is 44.0 cm³/mol. The zero-order valence-corrected chi connectivity index (χ0v) is 6.49. The molecule has 2 heterocycles. The number of hydrogen-bond donors (Lipinski definition) is 0. The van der Waals surface area contributed by atoms with Crippen molar-refractivity contribution in [3.8, 4) is 11.3 Å². The summed E-state index contributed by atoms with van der Waals surface area (Å²) in [5.74, 6) is 0.972. The zero-order chi connectivity index (χ0) is 7.97. The molecule has 12 heavy (non-hydrogen) atoms. The van der Waals surface area contributed by atoms with Crippen LogP contribution in [0, 0.1) is 0 Å². The zero-order valence-electron chi connectivity index (χ0n) is 6.49. The highest BCUT2D eigenvalue weighted by Crippen LogP contribution is 2.39. The summed E-state index contributed by atoms with van der Waals surface area (Å²) in [7, 11) is 0. The maximum Gasteiger partial charge on any atom is 0.139 e. The summed E-state index contributed by atoms with van der Waals surface area (Å²) < 4.78 is 10.6. The van der Waals surface area contributed by atoms with Crippen LogP contribution in [0.4, 0.5) is 0 Å². The average molecular weight is 160 g/mol. The molecule has 0 amide bonds. The summed E-state index contributed by atoms with van der Waals surface area (Å²) in [6.45, 7) is 0.837. The first kappa shape index (κ1) is 6.26. The van der Waals surface area contributed by atoms with Gasteiger partial charge in [0, 0.05) is 11.1 Å². The van der Waals surface area contributed by atoms with Crippen molar-refractivity contribution >= 4 is 0 Å². The highest BCUT2D eigenvalue weighted by molar-refractivity contribution is 5.65. The molecule has 2 nitrogen and oxygen atoms in total. The molecule has 0 aromatic heterocycles. The average Bonchev–Trinajstić information content (AvgIpc) is 2.86. The molecular formula is C10H8O2. The van der Waals surface area contributed by atoms with Gasteiger partial charge in [0.25, 0.3) is 0 Å². The standard InChI is InChI=1S/C10H8O2/c1-2-7-3-4-8(9-6-12-9)10(7)11-5-1/h1-5,9H,6H2. The Balaban J connectivity index is 2.21. The second-order valence-electron chi connectivity index (χ2n) is 3.01. The van der Waals surface area contributed by atoms with Crippen molar-refractivity contribution in [3.63, 3.8) is 0 Å². The fourth-order valence-electron chi connectivity index (χ4n) is 1.50. The summed E-state index contributed by atoms with van der Waals surface area (Å²) in [6, 6.07) is 8.09. The Bertz CT molecular complexity index is 373. The Morgan fingerprint density at radius 2 is 2.17 bits per heavy atom. The lowest BCUT2D eigenvalue weighted by Crippen LogP contribution is -1.79. The van der Waals surface area contributed by atoms with Crippen molar-refractivity contribution in [2.45, 2.75) is 6.10 Å². The Kier molecular flexibility index (Phi) is 1.10. The van der Waals surface area contributed by atoms with Gasteiger partial charge in [-0.05, 0) is 12.1 Å². The van der Waals surface area contributed by atoms with Crippen LogP contribution in [0.15, 0.2) is 34.9 Å². The molecule has 0 saturated carbocycles. The van der Waals surface area contributed by atoms with Crippen molar-refractivity contribution < 1.29 is 9.15 Å². The van der Waals surface area contributed by atoms with E-state index < -0.39 is 0 Å². The predicted octanol–water partition coefficient (Wildman–Crippen LogP) is 2.46. The van der Waals surface area contributed by atoms with E-state index in [-0.39, 0.29) is 6.10 Å². The summed E-state index contributed by atoms with van der Waals surface area (Å²) in [5, 5.41) is 0. The van der Waals surface area contributed by atoms with Crippen LogP contribution in [0.1, 0.15) is 11.7 Å². The molecule has 0 aromatic rings. The van der Waals surface area contributed by atoms with E-state index in [1.165, 1.54) is 5.56 Å². The summed E-state index contributed by atoms with van der Waals surface area (Å²) in [5.41, 5.74) is 2.34. The van der Waals surface area contributed by atoms with Gasteiger partial charge >= 0.3 is 0 Å². The molecule has 0 spiro atoms. The van der Waals surface area contributed by atoms with Gasteiger partial charge in [-0.1, -0.05) is 12.1 Å². The second kappa shape index (κ2) is 2.11. The summed E-state index contributed by atoms with van der Waals surface area (Å²) in [6.07, 6.45) is 1.99. The third-order valence-electron chi connectivity index (χ3n) is 2.19. The van der Waals surface area contributed by atoms with Crippen LogP contribution in [0.25, 0.3) is 11.3 Å². The first-order chi connectivity index (χ1) is 5.95. The number of epoxide rings is 1. The Hall–Kier alpha value is -1.28. The molecule has 1 saturated heterocycles. The van der Waals surface area contributed by atoms with E-state index in [0.29, 0.717) is 0 Å². The Labute approximate surface area is 70.1 Å². The lowest BCUT2D eigenvalue weighted by Gasteiger charge is -1.98. The van der Waals surface area contributed by atoms with Crippen LogP contribution in [0.5, 0.6) is 0 Å². The first-order valence-electron chi connectivity index (χ1n) is 4.03. The fraction of sp³-hybridized carbons (Fsp3) is 0.200. The maximum absolute atomic E-state index is 5.40. The van der Waals surface area contributed by atoms with Crippen LogP contribution >= 0.6 is 0 Å². The lowest BCUT2D eigenvalue weighted by atomic mass is 10.2. The quantitative estimate of drug-likeness (QED) is 0.599. The molecule has 1 atom stereocenters. The van der Waals surface area contributed by atoms with E-state index in [1.54, 1.807) is 6.26 Å². The topological polar surface area (TPSA) is 25.7 Å². The summed E-state index contributed by atoms with van der Waals surface area (Å²) >= 11 is 0. The molecule has 1 aliphatic carbocycles. The SMILES string of the molecule is c1coc2c(C3CO3)ccc-2c1.